The lowest BCUT2D eigenvalue weighted by atomic mass is 9.67. The van der Waals surface area contributed by atoms with E-state index in [2.05, 4.69) is 30.6 Å². The number of hydrogen-bond donors (Lipinski definition) is 1. The first-order valence-corrected chi connectivity index (χ1v) is 10.8. The molecule has 29 heavy (non-hydrogen) atoms. The lowest BCUT2D eigenvalue weighted by Gasteiger charge is -2.43. The minimum Gasteiger partial charge on any atom is -0.340 e. The maximum Gasteiger partial charge on any atom is 0.230 e. The summed E-state index contributed by atoms with van der Waals surface area (Å²) in [6.45, 7) is 5.87. The number of hydrogen-bond acceptors (Lipinski definition) is 6. The third-order valence-electron chi connectivity index (χ3n) is 7.02. The average molecular weight is 396 g/mol. The van der Waals surface area contributed by atoms with E-state index in [9.17, 15) is 4.79 Å². The van der Waals surface area contributed by atoms with Crippen molar-refractivity contribution in [3.63, 3.8) is 0 Å². The second-order valence-electron chi connectivity index (χ2n) is 8.64. The molecule has 1 N–H and O–H groups in total. The first kappa shape index (κ1) is 18.7. The zero-order chi connectivity index (χ0) is 19.7. The predicted octanol–water partition coefficient (Wildman–Crippen LogP) is 1.09. The quantitative estimate of drug-likeness (QED) is 0.835. The molecule has 2 aliphatic heterocycles. The Balaban J connectivity index is 1.22. The molecule has 3 heterocycles. The second kappa shape index (κ2) is 7.84. The Hall–Kier alpha value is -2.32. The number of tetrazole rings is 1. The van der Waals surface area contributed by atoms with E-state index in [0.29, 0.717) is 18.4 Å². The molecular formula is C21H29N7O. The number of piperazine rings is 1. The van der Waals surface area contributed by atoms with Gasteiger partial charge in [-0.25, -0.2) is 0 Å². The number of para-hydroxylation sites is 1. The van der Waals surface area contributed by atoms with Gasteiger partial charge in [-0.05, 0) is 47.9 Å². The van der Waals surface area contributed by atoms with Crippen LogP contribution >= 0.6 is 0 Å². The first-order valence-electron chi connectivity index (χ1n) is 10.8. The summed E-state index contributed by atoms with van der Waals surface area (Å²) in [5.41, 5.74) is 0.829. The molecule has 0 spiro atoms. The minimum absolute atomic E-state index is 0.141. The maximum atomic E-state index is 13.5. The fourth-order valence-electron chi connectivity index (χ4n) is 5.37. The normalized spacial score (nSPS) is 27.7. The van der Waals surface area contributed by atoms with Gasteiger partial charge in [-0.2, -0.15) is 4.68 Å². The van der Waals surface area contributed by atoms with Crippen LogP contribution in [0.25, 0.3) is 5.69 Å². The highest BCUT2D eigenvalue weighted by molar-refractivity contribution is 5.84. The van der Waals surface area contributed by atoms with Crippen molar-refractivity contribution in [2.24, 2.45) is 11.3 Å². The van der Waals surface area contributed by atoms with E-state index in [1.54, 1.807) is 4.68 Å². The molecule has 1 aromatic heterocycles. The fourth-order valence-corrected chi connectivity index (χ4v) is 5.37. The van der Waals surface area contributed by atoms with Gasteiger partial charge in [0.2, 0.25) is 5.91 Å². The molecule has 2 aromatic rings. The first-order chi connectivity index (χ1) is 14.3. The van der Waals surface area contributed by atoms with Crippen LogP contribution < -0.4 is 5.32 Å². The van der Waals surface area contributed by atoms with Crippen LogP contribution in [-0.4, -0.2) is 75.2 Å². The summed E-state index contributed by atoms with van der Waals surface area (Å²) in [4.78, 5) is 17.9. The number of nitrogens with one attached hydrogen (secondary N) is 1. The van der Waals surface area contributed by atoms with E-state index in [1.165, 1.54) is 19.3 Å². The highest BCUT2D eigenvalue weighted by Crippen LogP contribution is 2.45. The van der Waals surface area contributed by atoms with E-state index >= 15 is 0 Å². The Morgan fingerprint density at radius 3 is 2.79 bits per heavy atom. The summed E-state index contributed by atoms with van der Waals surface area (Å²) in [6.07, 6.45) is 4.70. The average Bonchev–Trinajstić information content (AvgIpc) is 3.42. The summed E-state index contributed by atoms with van der Waals surface area (Å²) in [5, 5.41) is 15.7. The van der Waals surface area contributed by atoms with E-state index < -0.39 is 0 Å². The molecule has 3 aliphatic rings. The van der Waals surface area contributed by atoms with Crippen LogP contribution in [0, 0.1) is 11.3 Å². The summed E-state index contributed by atoms with van der Waals surface area (Å²) >= 11 is 0. The number of rotatable bonds is 4. The van der Waals surface area contributed by atoms with Crippen LogP contribution in [0.2, 0.25) is 0 Å². The third-order valence-corrected chi connectivity index (χ3v) is 7.02. The lowest BCUT2D eigenvalue weighted by Crippen LogP contribution is -2.55. The van der Waals surface area contributed by atoms with Crippen LogP contribution in [0.4, 0.5) is 0 Å². The number of carbonyl (C=O) groups excluding carboxylic acids is 1. The summed E-state index contributed by atoms with van der Waals surface area (Å²) in [7, 11) is 0. The molecule has 0 bridgehead atoms. The molecular weight excluding hydrogens is 366 g/mol. The number of nitrogens with zero attached hydrogens (tertiary/aromatic N) is 6. The van der Waals surface area contributed by atoms with Crippen LogP contribution in [0.5, 0.6) is 0 Å². The van der Waals surface area contributed by atoms with Gasteiger partial charge in [0.05, 0.1) is 17.6 Å². The number of amides is 1. The van der Waals surface area contributed by atoms with Gasteiger partial charge in [0.25, 0.3) is 0 Å². The number of fused-ring (bicyclic) bond motifs is 1. The molecule has 1 amide bonds. The summed E-state index contributed by atoms with van der Waals surface area (Å²) in [5.74, 6) is 1.75. The van der Waals surface area contributed by atoms with Crippen LogP contribution in [0.3, 0.4) is 0 Å². The van der Waals surface area contributed by atoms with Crippen molar-refractivity contribution in [2.45, 2.75) is 32.2 Å². The Morgan fingerprint density at radius 2 is 1.97 bits per heavy atom. The highest BCUT2D eigenvalue weighted by atomic mass is 16.2. The van der Waals surface area contributed by atoms with Gasteiger partial charge in [0.15, 0.2) is 5.82 Å². The Labute approximate surface area is 171 Å². The van der Waals surface area contributed by atoms with Crippen LogP contribution in [0.15, 0.2) is 30.3 Å². The Morgan fingerprint density at radius 1 is 1.14 bits per heavy atom. The van der Waals surface area contributed by atoms with Crippen molar-refractivity contribution in [2.75, 3.05) is 39.3 Å². The van der Waals surface area contributed by atoms with Gasteiger partial charge in [0.1, 0.15) is 0 Å². The zero-order valence-corrected chi connectivity index (χ0v) is 16.8. The Kier molecular flexibility index (Phi) is 5.05. The van der Waals surface area contributed by atoms with E-state index in [0.717, 1.165) is 57.2 Å². The largest absolute Gasteiger partial charge is 0.340 e. The molecule has 8 heteroatoms. The molecule has 2 saturated heterocycles. The van der Waals surface area contributed by atoms with Gasteiger partial charge in [-0.15, -0.1) is 5.10 Å². The molecule has 1 aromatic carbocycles. The fraction of sp³-hybridized carbons (Fsp3) is 0.619. The van der Waals surface area contributed by atoms with Gasteiger partial charge in [0, 0.05) is 32.7 Å². The van der Waals surface area contributed by atoms with Crippen LogP contribution in [0.1, 0.15) is 31.5 Å². The smallest absolute Gasteiger partial charge is 0.230 e. The standard InChI is InChI=1S/C21H29N7O/c29-20(21-9-5-4-6-17(21)14-22-16-21)27-12-10-26(11-13-27)15-19-23-24-25-28(19)18-7-2-1-3-8-18/h1-3,7-8,17,22H,4-6,9-16H2/t17-,21+/m0/s1. The molecule has 1 saturated carbocycles. The minimum atomic E-state index is -0.141. The lowest BCUT2D eigenvalue weighted by molar-refractivity contribution is -0.147. The molecule has 1 aliphatic carbocycles. The Bertz CT molecular complexity index is 846. The van der Waals surface area contributed by atoms with Crippen LogP contribution in [-0.2, 0) is 11.3 Å². The predicted molar refractivity (Wildman–Crippen MR) is 108 cm³/mol. The topological polar surface area (TPSA) is 79.2 Å². The molecule has 2 atom stereocenters. The van der Waals surface area contributed by atoms with Gasteiger partial charge in [-0.3, -0.25) is 9.69 Å². The van der Waals surface area contributed by atoms with E-state index in [1.807, 2.05) is 30.3 Å². The van der Waals surface area contributed by atoms with Gasteiger partial charge >= 0.3 is 0 Å². The van der Waals surface area contributed by atoms with Crippen molar-refractivity contribution in [3.8, 4) is 5.69 Å². The monoisotopic (exact) mass is 395 g/mol. The molecule has 5 rings (SSSR count). The highest BCUT2D eigenvalue weighted by Gasteiger charge is 2.51. The van der Waals surface area contributed by atoms with Gasteiger partial charge < -0.3 is 10.2 Å². The maximum absolute atomic E-state index is 13.5. The number of benzene rings is 1. The third kappa shape index (κ3) is 3.44. The molecule has 8 nitrogen and oxygen atoms in total. The van der Waals surface area contributed by atoms with Crippen molar-refractivity contribution in [1.82, 2.24) is 35.3 Å². The summed E-state index contributed by atoms with van der Waals surface area (Å²) in [6, 6.07) is 9.97. The van der Waals surface area contributed by atoms with Crippen molar-refractivity contribution < 1.29 is 4.79 Å². The van der Waals surface area contributed by atoms with E-state index in [4.69, 9.17) is 0 Å². The van der Waals surface area contributed by atoms with E-state index in [-0.39, 0.29) is 5.41 Å². The molecule has 0 unspecified atom stereocenters. The molecule has 3 fully saturated rings. The second-order valence-corrected chi connectivity index (χ2v) is 8.64. The SMILES string of the molecule is O=C(N1CCN(Cc2nnnn2-c2ccccc2)CC1)[C@@]12CCCC[C@H]1CNC2. The van der Waals surface area contributed by atoms with Crippen molar-refractivity contribution >= 4 is 5.91 Å². The zero-order valence-electron chi connectivity index (χ0n) is 16.8. The molecule has 154 valence electrons. The van der Waals surface area contributed by atoms with Crippen molar-refractivity contribution in [3.05, 3.63) is 36.2 Å². The summed E-state index contributed by atoms with van der Waals surface area (Å²) < 4.78 is 1.80. The van der Waals surface area contributed by atoms with Gasteiger partial charge in [-0.1, -0.05) is 31.0 Å². The molecule has 0 radical (unpaired) electrons. The number of aromatic nitrogens is 4. The number of carbonyl (C=O) groups is 1. The van der Waals surface area contributed by atoms with Crippen molar-refractivity contribution in [1.29, 1.82) is 0 Å².